The lowest BCUT2D eigenvalue weighted by molar-refractivity contribution is -0.127. The van der Waals surface area contributed by atoms with Gasteiger partial charge in [0.2, 0.25) is 5.91 Å². The number of urea groups is 1. The van der Waals surface area contributed by atoms with Gasteiger partial charge in [-0.25, -0.2) is 9.69 Å². The van der Waals surface area contributed by atoms with Crippen LogP contribution < -0.4 is 15.4 Å². The zero-order valence-corrected chi connectivity index (χ0v) is 20.7. The van der Waals surface area contributed by atoms with Crippen molar-refractivity contribution in [1.82, 2.24) is 14.8 Å². The molecule has 0 unspecified atom stereocenters. The van der Waals surface area contributed by atoms with Crippen LogP contribution in [-0.4, -0.2) is 41.0 Å². The standard InChI is InChI=1S/C28H23ClN4O4/c1-37-25-9-5-3-7-22(25)30-26(34)17-33-27(35)23(31-28(33)36)14-19-16-32(24-8-4-2-6-21(19)24)15-18-10-12-20(29)13-11-18/h2-14,16H,15,17H2,1H3,(H,30,34)(H,31,36)/b23-14+. The van der Waals surface area contributed by atoms with Crippen LogP contribution in [0.4, 0.5) is 10.5 Å². The maximum absolute atomic E-state index is 13.0. The Morgan fingerprint density at radius 2 is 1.76 bits per heavy atom. The molecule has 0 saturated carbocycles. The van der Waals surface area contributed by atoms with E-state index in [0.717, 1.165) is 26.9 Å². The number of imide groups is 1. The second kappa shape index (κ2) is 10.2. The van der Waals surface area contributed by atoms with E-state index >= 15 is 0 Å². The van der Waals surface area contributed by atoms with Crippen molar-refractivity contribution in [2.24, 2.45) is 0 Å². The molecule has 1 fully saturated rings. The number of carbonyl (C=O) groups is 3. The summed E-state index contributed by atoms with van der Waals surface area (Å²) in [6, 6.07) is 21.7. The van der Waals surface area contributed by atoms with Crippen molar-refractivity contribution in [3.63, 3.8) is 0 Å². The highest BCUT2D eigenvalue weighted by atomic mass is 35.5. The summed E-state index contributed by atoms with van der Waals surface area (Å²) in [7, 11) is 1.49. The van der Waals surface area contributed by atoms with Gasteiger partial charge >= 0.3 is 6.03 Å². The Kier molecular flexibility index (Phi) is 6.66. The van der Waals surface area contributed by atoms with Gasteiger partial charge in [-0.2, -0.15) is 0 Å². The molecule has 1 saturated heterocycles. The van der Waals surface area contributed by atoms with Crippen LogP contribution in [0.15, 0.2) is 84.7 Å². The first-order valence-electron chi connectivity index (χ1n) is 11.5. The van der Waals surface area contributed by atoms with Gasteiger partial charge in [-0.3, -0.25) is 9.59 Å². The quantitative estimate of drug-likeness (QED) is 0.271. The van der Waals surface area contributed by atoms with E-state index in [9.17, 15) is 14.4 Å². The third kappa shape index (κ3) is 5.05. The molecule has 1 aliphatic rings. The number of hydrogen-bond donors (Lipinski definition) is 2. The van der Waals surface area contributed by atoms with Crippen LogP contribution in [-0.2, 0) is 16.1 Å². The zero-order chi connectivity index (χ0) is 25.9. The number of aromatic nitrogens is 1. The van der Waals surface area contributed by atoms with E-state index in [1.165, 1.54) is 7.11 Å². The molecule has 4 amide bonds. The smallest absolute Gasteiger partial charge is 0.329 e. The number of methoxy groups -OCH3 is 1. The number of halogens is 1. The van der Waals surface area contributed by atoms with Crippen molar-refractivity contribution in [1.29, 1.82) is 0 Å². The third-order valence-corrected chi connectivity index (χ3v) is 6.28. The molecular formula is C28H23ClN4O4. The Bertz CT molecular complexity index is 1540. The molecule has 0 radical (unpaired) electrons. The van der Waals surface area contributed by atoms with E-state index in [4.69, 9.17) is 16.3 Å². The molecule has 3 aromatic carbocycles. The Labute approximate surface area is 218 Å². The van der Waals surface area contributed by atoms with E-state index in [1.807, 2.05) is 54.7 Å². The fourth-order valence-electron chi connectivity index (χ4n) is 4.26. The second-order valence-electron chi connectivity index (χ2n) is 8.48. The van der Waals surface area contributed by atoms with Gasteiger partial charge in [0, 0.05) is 34.2 Å². The third-order valence-electron chi connectivity index (χ3n) is 6.03. The topological polar surface area (TPSA) is 92.7 Å². The number of amides is 4. The molecule has 8 nitrogen and oxygen atoms in total. The van der Waals surface area contributed by atoms with Crippen LogP contribution in [0.5, 0.6) is 5.75 Å². The van der Waals surface area contributed by atoms with E-state index < -0.39 is 24.4 Å². The maximum Gasteiger partial charge on any atom is 0.329 e. The molecule has 37 heavy (non-hydrogen) atoms. The van der Waals surface area contributed by atoms with Crippen LogP contribution in [0.25, 0.3) is 17.0 Å². The average molecular weight is 515 g/mol. The fourth-order valence-corrected chi connectivity index (χ4v) is 4.39. The highest BCUT2D eigenvalue weighted by Gasteiger charge is 2.35. The predicted octanol–water partition coefficient (Wildman–Crippen LogP) is 4.88. The Balaban J connectivity index is 1.37. The largest absolute Gasteiger partial charge is 0.495 e. The molecule has 0 aliphatic carbocycles. The van der Waals surface area contributed by atoms with Gasteiger partial charge in [-0.1, -0.05) is 54.1 Å². The van der Waals surface area contributed by atoms with Crippen molar-refractivity contribution < 1.29 is 19.1 Å². The Morgan fingerprint density at radius 3 is 2.54 bits per heavy atom. The summed E-state index contributed by atoms with van der Waals surface area (Å²) >= 11 is 6.02. The summed E-state index contributed by atoms with van der Waals surface area (Å²) in [5.74, 6) is -0.618. The maximum atomic E-state index is 13.0. The number of carbonyl (C=O) groups excluding carboxylic acids is 3. The van der Waals surface area contributed by atoms with Crippen LogP contribution >= 0.6 is 11.6 Å². The predicted molar refractivity (Wildman–Crippen MR) is 142 cm³/mol. The highest BCUT2D eigenvalue weighted by molar-refractivity contribution is 6.30. The number of anilines is 1. The van der Waals surface area contributed by atoms with Gasteiger partial charge in [-0.05, 0) is 42.0 Å². The summed E-state index contributed by atoms with van der Waals surface area (Å²) in [5, 5.41) is 6.87. The number of benzene rings is 3. The number of nitrogens with zero attached hydrogens (tertiary/aromatic N) is 2. The number of para-hydroxylation sites is 3. The molecule has 1 aromatic heterocycles. The first kappa shape index (κ1) is 24.1. The first-order valence-corrected chi connectivity index (χ1v) is 11.9. The number of nitrogens with one attached hydrogen (secondary N) is 2. The number of hydrogen-bond acceptors (Lipinski definition) is 4. The summed E-state index contributed by atoms with van der Waals surface area (Å²) < 4.78 is 7.30. The van der Waals surface area contributed by atoms with Gasteiger partial charge in [0.15, 0.2) is 0 Å². The monoisotopic (exact) mass is 514 g/mol. The number of rotatable bonds is 7. The lowest BCUT2D eigenvalue weighted by atomic mass is 10.1. The van der Waals surface area contributed by atoms with Gasteiger partial charge in [0.1, 0.15) is 18.0 Å². The molecule has 0 spiro atoms. The van der Waals surface area contributed by atoms with Crippen LogP contribution in [0.3, 0.4) is 0 Å². The van der Waals surface area contributed by atoms with Crippen molar-refractivity contribution in [2.45, 2.75) is 6.54 Å². The van der Waals surface area contributed by atoms with E-state index in [1.54, 1.807) is 30.3 Å². The Morgan fingerprint density at radius 1 is 1.03 bits per heavy atom. The molecular weight excluding hydrogens is 492 g/mol. The van der Waals surface area contributed by atoms with Gasteiger partial charge < -0.3 is 19.9 Å². The van der Waals surface area contributed by atoms with Gasteiger partial charge in [0.25, 0.3) is 5.91 Å². The minimum Gasteiger partial charge on any atom is -0.495 e. The minimum absolute atomic E-state index is 0.101. The lowest BCUT2D eigenvalue weighted by Gasteiger charge is -2.13. The lowest BCUT2D eigenvalue weighted by Crippen LogP contribution is -2.38. The fraction of sp³-hybridized carbons (Fsp3) is 0.107. The summed E-state index contributed by atoms with van der Waals surface area (Å²) in [5.41, 5.74) is 3.38. The number of ether oxygens (including phenoxy) is 1. The normalized spacial score (nSPS) is 14.3. The van der Waals surface area contributed by atoms with Gasteiger partial charge in [0.05, 0.1) is 12.8 Å². The molecule has 2 heterocycles. The van der Waals surface area contributed by atoms with Crippen molar-refractivity contribution >= 4 is 52.1 Å². The second-order valence-corrected chi connectivity index (χ2v) is 8.92. The van der Waals surface area contributed by atoms with Crippen LogP contribution in [0, 0.1) is 0 Å². The van der Waals surface area contributed by atoms with Crippen LogP contribution in [0.2, 0.25) is 5.02 Å². The van der Waals surface area contributed by atoms with E-state index in [0.29, 0.717) is 23.0 Å². The number of fused-ring (bicyclic) bond motifs is 1. The summed E-state index contributed by atoms with van der Waals surface area (Å²) in [6.07, 6.45) is 3.57. The molecule has 5 rings (SSSR count). The molecule has 9 heteroatoms. The van der Waals surface area contributed by atoms with Crippen molar-refractivity contribution in [3.8, 4) is 5.75 Å². The molecule has 0 atom stereocenters. The summed E-state index contributed by atoms with van der Waals surface area (Å²) in [6.45, 7) is 0.175. The van der Waals surface area contributed by atoms with E-state index in [-0.39, 0.29) is 5.70 Å². The van der Waals surface area contributed by atoms with E-state index in [2.05, 4.69) is 15.2 Å². The van der Waals surface area contributed by atoms with Crippen LogP contribution in [0.1, 0.15) is 11.1 Å². The molecule has 4 aromatic rings. The summed E-state index contributed by atoms with van der Waals surface area (Å²) in [4.78, 5) is 39.1. The first-order chi connectivity index (χ1) is 17.9. The average Bonchev–Trinajstić information content (AvgIpc) is 3.37. The molecule has 186 valence electrons. The van der Waals surface area contributed by atoms with Crippen molar-refractivity contribution in [3.05, 3.63) is 101 Å². The molecule has 1 aliphatic heterocycles. The minimum atomic E-state index is -0.656. The molecule has 2 N–H and O–H groups in total. The molecule has 0 bridgehead atoms. The zero-order valence-electron chi connectivity index (χ0n) is 19.9. The van der Waals surface area contributed by atoms with Crippen molar-refractivity contribution in [2.75, 3.05) is 19.0 Å². The van der Waals surface area contributed by atoms with Gasteiger partial charge in [-0.15, -0.1) is 0 Å². The highest BCUT2D eigenvalue weighted by Crippen LogP contribution is 2.26. The SMILES string of the molecule is COc1ccccc1NC(=O)CN1C(=O)N/C(=C/c2cn(Cc3ccc(Cl)cc3)c3ccccc23)C1=O. The Hall–Kier alpha value is -4.56.